The average molecular weight is 274 g/mol. The number of hydrogen-bond donors (Lipinski definition) is 0. The first-order valence-electron chi connectivity index (χ1n) is 5.94. The van der Waals surface area contributed by atoms with Crippen LogP contribution in [0.15, 0.2) is 24.3 Å². The summed E-state index contributed by atoms with van der Waals surface area (Å²) >= 11 is 0. The highest BCUT2D eigenvalue weighted by Gasteiger charge is 2.30. The van der Waals surface area contributed by atoms with Crippen molar-refractivity contribution >= 4 is 5.78 Å². The Labute approximate surface area is 108 Å². The second kappa shape index (κ2) is 5.50. The number of ketones is 1. The molecule has 6 heteroatoms. The first-order chi connectivity index (χ1) is 8.96. The lowest BCUT2D eigenvalue weighted by atomic mass is 10.1. The van der Waals surface area contributed by atoms with Gasteiger partial charge in [-0.15, -0.1) is 0 Å². The van der Waals surface area contributed by atoms with Crippen molar-refractivity contribution in [3.63, 3.8) is 0 Å². The molecule has 0 amide bonds. The van der Waals surface area contributed by atoms with E-state index in [0.717, 1.165) is 0 Å². The maximum absolute atomic E-state index is 12.0. The van der Waals surface area contributed by atoms with Gasteiger partial charge in [0.1, 0.15) is 6.61 Å². The summed E-state index contributed by atoms with van der Waals surface area (Å²) in [6.45, 7) is 0.0435. The van der Waals surface area contributed by atoms with Crippen LogP contribution in [0.25, 0.3) is 0 Å². The smallest absolute Gasteiger partial charge is 0.389 e. The van der Waals surface area contributed by atoms with Crippen LogP contribution >= 0.6 is 0 Å². The molecular formula is C13H13F3O3. The molecule has 0 fully saturated rings. The molecule has 0 N–H and O–H groups in total. The summed E-state index contributed by atoms with van der Waals surface area (Å²) in [5.74, 6) is 0.628. The van der Waals surface area contributed by atoms with Crippen molar-refractivity contribution in [3.8, 4) is 11.5 Å². The van der Waals surface area contributed by atoms with Crippen molar-refractivity contribution in [2.45, 2.75) is 31.5 Å². The summed E-state index contributed by atoms with van der Waals surface area (Å²) in [5, 5.41) is 0. The van der Waals surface area contributed by atoms with Gasteiger partial charge >= 0.3 is 6.18 Å². The fourth-order valence-electron chi connectivity index (χ4n) is 1.80. The first kappa shape index (κ1) is 13.7. The minimum absolute atomic E-state index is 0.0435. The lowest BCUT2D eigenvalue weighted by molar-refractivity contribution is -0.138. The van der Waals surface area contributed by atoms with Gasteiger partial charge in [0.25, 0.3) is 0 Å². The molecule has 1 aliphatic heterocycles. The minimum Gasteiger partial charge on any atom is -0.485 e. The third-order valence-corrected chi connectivity index (χ3v) is 2.75. The van der Waals surface area contributed by atoms with E-state index >= 15 is 0 Å². The van der Waals surface area contributed by atoms with Crippen molar-refractivity contribution in [2.75, 3.05) is 6.61 Å². The molecule has 1 aliphatic rings. The Hall–Kier alpha value is -1.72. The van der Waals surface area contributed by atoms with Crippen molar-refractivity contribution < 1.29 is 27.4 Å². The molecule has 0 aliphatic carbocycles. The number of carbonyl (C=O) groups excluding carboxylic acids is 1. The molecule has 0 saturated carbocycles. The van der Waals surface area contributed by atoms with Crippen molar-refractivity contribution in [1.82, 2.24) is 0 Å². The monoisotopic (exact) mass is 274 g/mol. The number of rotatable bonds is 4. The fraction of sp³-hybridized carbons (Fsp3) is 0.462. The maximum atomic E-state index is 12.0. The normalized spacial score (nSPS) is 18.2. The van der Waals surface area contributed by atoms with E-state index in [1.54, 1.807) is 24.3 Å². The van der Waals surface area contributed by atoms with E-state index in [2.05, 4.69) is 0 Å². The molecule has 1 unspecified atom stereocenters. The molecular weight excluding hydrogens is 261 g/mol. The Balaban J connectivity index is 1.85. The topological polar surface area (TPSA) is 35.5 Å². The quantitative estimate of drug-likeness (QED) is 0.846. The summed E-state index contributed by atoms with van der Waals surface area (Å²) in [5.41, 5.74) is 0. The number of halogens is 3. The Kier molecular flexibility index (Phi) is 3.97. The predicted molar refractivity (Wildman–Crippen MR) is 61.3 cm³/mol. The van der Waals surface area contributed by atoms with Crippen LogP contribution < -0.4 is 9.47 Å². The number of fused-ring (bicyclic) bond motifs is 1. The van der Waals surface area contributed by atoms with Crippen LogP contribution in [0.1, 0.15) is 19.3 Å². The molecule has 0 aromatic heterocycles. The highest BCUT2D eigenvalue weighted by atomic mass is 19.4. The van der Waals surface area contributed by atoms with Gasteiger partial charge in [0.2, 0.25) is 0 Å². The minimum atomic E-state index is -4.23. The first-order valence-corrected chi connectivity index (χ1v) is 5.94. The van der Waals surface area contributed by atoms with Crippen LogP contribution in [0.3, 0.4) is 0 Å². The van der Waals surface area contributed by atoms with E-state index in [0.29, 0.717) is 11.5 Å². The van der Waals surface area contributed by atoms with Crippen molar-refractivity contribution in [1.29, 1.82) is 0 Å². The highest BCUT2D eigenvalue weighted by molar-refractivity contribution is 5.83. The Morgan fingerprint density at radius 1 is 1.26 bits per heavy atom. The molecule has 0 saturated heterocycles. The molecule has 1 aromatic carbocycles. The van der Waals surface area contributed by atoms with Crippen LogP contribution in [0.2, 0.25) is 0 Å². The Morgan fingerprint density at radius 2 is 1.95 bits per heavy atom. The van der Waals surface area contributed by atoms with Gasteiger partial charge in [0.05, 0.1) is 0 Å². The highest BCUT2D eigenvalue weighted by Crippen LogP contribution is 2.31. The molecule has 3 nitrogen and oxygen atoms in total. The predicted octanol–water partition coefficient (Wildman–Crippen LogP) is 3.13. The zero-order valence-electron chi connectivity index (χ0n) is 10.1. The molecule has 2 rings (SSSR count). The van der Waals surface area contributed by atoms with E-state index < -0.39 is 18.7 Å². The van der Waals surface area contributed by atoms with Crippen LogP contribution in [0, 0.1) is 0 Å². The van der Waals surface area contributed by atoms with E-state index in [4.69, 9.17) is 9.47 Å². The molecule has 104 valence electrons. The standard InChI is InChI=1S/C13H13F3O3/c14-13(15,16)7-3-4-9(17)12-8-18-10-5-1-2-6-11(10)19-12/h1-2,5-6,12H,3-4,7-8H2. The lowest BCUT2D eigenvalue weighted by Gasteiger charge is -2.25. The van der Waals surface area contributed by atoms with Crippen molar-refractivity contribution in [3.05, 3.63) is 24.3 Å². The van der Waals surface area contributed by atoms with Crippen LogP contribution in [0.5, 0.6) is 11.5 Å². The maximum Gasteiger partial charge on any atom is 0.389 e. The molecule has 1 heterocycles. The van der Waals surface area contributed by atoms with Gasteiger partial charge in [-0.05, 0) is 18.6 Å². The van der Waals surface area contributed by atoms with Crippen molar-refractivity contribution in [2.24, 2.45) is 0 Å². The molecule has 1 atom stereocenters. The summed E-state index contributed by atoms with van der Waals surface area (Å²) in [6, 6.07) is 6.87. The van der Waals surface area contributed by atoms with Gasteiger partial charge in [0.15, 0.2) is 23.4 Å². The van der Waals surface area contributed by atoms with E-state index in [1.165, 1.54) is 0 Å². The largest absolute Gasteiger partial charge is 0.485 e. The number of para-hydroxylation sites is 2. The Morgan fingerprint density at radius 3 is 2.63 bits per heavy atom. The van der Waals surface area contributed by atoms with Gasteiger partial charge in [-0.25, -0.2) is 0 Å². The fourth-order valence-corrected chi connectivity index (χ4v) is 1.80. The van der Waals surface area contributed by atoms with Gasteiger partial charge in [0, 0.05) is 12.8 Å². The number of ether oxygens (including phenoxy) is 2. The van der Waals surface area contributed by atoms with E-state index in [9.17, 15) is 18.0 Å². The molecule has 0 bridgehead atoms. The summed E-state index contributed by atoms with van der Waals surface area (Å²) in [4.78, 5) is 11.7. The zero-order chi connectivity index (χ0) is 13.9. The number of alkyl halides is 3. The summed E-state index contributed by atoms with van der Waals surface area (Å²) in [6.07, 6.45) is -6.37. The number of Topliss-reactive ketones (excluding diaryl/α,β-unsaturated/α-hetero) is 1. The van der Waals surface area contributed by atoms with Gasteiger partial charge in [-0.1, -0.05) is 12.1 Å². The second-order valence-electron chi connectivity index (χ2n) is 4.30. The zero-order valence-corrected chi connectivity index (χ0v) is 10.1. The third kappa shape index (κ3) is 3.87. The average Bonchev–Trinajstić information content (AvgIpc) is 2.36. The molecule has 1 aromatic rings. The van der Waals surface area contributed by atoms with Crippen LogP contribution in [-0.2, 0) is 4.79 Å². The molecule has 19 heavy (non-hydrogen) atoms. The molecule has 0 radical (unpaired) electrons. The van der Waals surface area contributed by atoms with Gasteiger partial charge < -0.3 is 9.47 Å². The lowest BCUT2D eigenvalue weighted by Crippen LogP contribution is -2.36. The number of benzene rings is 1. The van der Waals surface area contributed by atoms with E-state index in [1.807, 2.05) is 0 Å². The van der Waals surface area contributed by atoms with Crippen LogP contribution in [0.4, 0.5) is 13.2 Å². The summed E-state index contributed by atoms with van der Waals surface area (Å²) in [7, 11) is 0. The van der Waals surface area contributed by atoms with Crippen LogP contribution in [-0.4, -0.2) is 24.7 Å². The van der Waals surface area contributed by atoms with Gasteiger partial charge in [-0.2, -0.15) is 13.2 Å². The Bertz CT molecular complexity index is 457. The third-order valence-electron chi connectivity index (χ3n) is 2.75. The SMILES string of the molecule is O=C(CCCC(F)(F)F)C1COc2ccccc2O1. The number of carbonyl (C=O) groups is 1. The summed E-state index contributed by atoms with van der Waals surface area (Å²) < 4.78 is 46.7. The number of hydrogen-bond acceptors (Lipinski definition) is 3. The second-order valence-corrected chi connectivity index (χ2v) is 4.30. The molecule has 0 spiro atoms. The van der Waals surface area contributed by atoms with E-state index in [-0.39, 0.29) is 25.2 Å². The van der Waals surface area contributed by atoms with Gasteiger partial charge in [-0.3, -0.25) is 4.79 Å².